The first-order valence-corrected chi connectivity index (χ1v) is 9.01. The minimum Gasteiger partial charge on any atom is -0.478 e. The van der Waals surface area contributed by atoms with Crippen molar-refractivity contribution in [3.05, 3.63) is 83.9 Å². The Hall–Kier alpha value is -3.93. The molecule has 0 unspecified atom stereocenters. The summed E-state index contributed by atoms with van der Waals surface area (Å²) in [6.45, 7) is 0. The van der Waals surface area contributed by atoms with Gasteiger partial charge in [0, 0.05) is 24.4 Å². The number of ketones is 2. The third-order valence-electron chi connectivity index (χ3n) is 4.84. The van der Waals surface area contributed by atoms with Gasteiger partial charge >= 0.3 is 5.97 Å². The number of carboxylic acids is 1. The van der Waals surface area contributed by atoms with E-state index in [9.17, 15) is 14.4 Å². The highest BCUT2D eigenvalue weighted by molar-refractivity contribution is 6.22. The standard InChI is InChI=1S/C18H12O2.C5H4N2O2/c19-13-9-12-6-7-15-14-4-2-1-3-11(14)5-8-16(15)18(12)17(20)10-13;8-5(9)4-1-6-3-7-2-4/h1-8H,9-10H2;1-3H,(H,8,9). The minimum atomic E-state index is -1.00. The highest BCUT2D eigenvalue weighted by Gasteiger charge is 2.25. The van der Waals surface area contributed by atoms with Crippen LogP contribution in [-0.2, 0) is 11.2 Å². The molecule has 3 aromatic carbocycles. The highest BCUT2D eigenvalue weighted by Crippen LogP contribution is 2.32. The summed E-state index contributed by atoms with van der Waals surface area (Å²) < 4.78 is 0. The van der Waals surface area contributed by atoms with Crippen LogP contribution in [0.5, 0.6) is 0 Å². The van der Waals surface area contributed by atoms with Crippen LogP contribution in [0, 0.1) is 0 Å². The summed E-state index contributed by atoms with van der Waals surface area (Å²) in [5.74, 6) is -1.03. The van der Waals surface area contributed by atoms with E-state index in [0.29, 0.717) is 6.42 Å². The van der Waals surface area contributed by atoms with Gasteiger partial charge in [-0.3, -0.25) is 9.59 Å². The van der Waals surface area contributed by atoms with Crippen molar-refractivity contribution >= 4 is 39.1 Å². The Morgan fingerprint density at radius 3 is 2.28 bits per heavy atom. The topological polar surface area (TPSA) is 97.2 Å². The van der Waals surface area contributed by atoms with Gasteiger partial charge in [-0.15, -0.1) is 0 Å². The number of carbonyl (C=O) groups is 3. The van der Waals surface area contributed by atoms with Gasteiger partial charge in [-0.05, 0) is 27.1 Å². The van der Waals surface area contributed by atoms with E-state index in [1.807, 2.05) is 36.4 Å². The van der Waals surface area contributed by atoms with Gasteiger partial charge in [0.2, 0.25) is 0 Å². The molecule has 0 fully saturated rings. The monoisotopic (exact) mass is 384 g/mol. The number of nitrogens with zero attached hydrogens (tertiary/aromatic N) is 2. The number of carboxylic acid groups (broad SMARTS) is 1. The van der Waals surface area contributed by atoms with Crippen LogP contribution in [0.3, 0.4) is 0 Å². The fourth-order valence-electron chi connectivity index (χ4n) is 3.56. The molecule has 0 bridgehead atoms. The lowest BCUT2D eigenvalue weighted by molar-refractivity contribution is -0.117. The molecule has 0 aliphatic heterocycles. The maximum absolute atomic E-state index is 12.2. The van der Waals surface area contributed by atoms with Gasteiger partial charge in [0.15, 0.2) is 5.78 Å². The SMILES string of the molecule is O=C(O)c1cncnc1.O=C1CC(=O)c2c(ccc3c2ccc2ccccc23)C1. The van der Waals surface area contributed by atoms with Crippen molar-refractivity contribution in [1.82, 2.24) is 9.97 Å². The lowest BCUT2D eigenvalue weighted by Crippen LogP contribution is -2.19. The zero-order valence-electron chi connectivity index (χ0n) is 15.3. The molecule has 0 radical (unpaired) electrons. The van der Waals surface area contributed by atoms with Crippen molar-refractivity contribution in [3.8, 4) is 0 Å². The number of benzene rings is 3. The highest BCUT2D eigenvalue weighted by atomic mass is 16.4. The summed E-state index contributed by atoms with van der Waals surface area (Å²) in [4.78, 5) is 40.9. The van der Waals surface area contributed by atoms with Crippen LogP contribution in [0.1, 0.15) is 32.7 Å². The number of aromatic nitrogens is 2. The van der Waals surface area contributed by atoms with Crippen LogP contribution < -0.4 is 0 Å². The molecule has 6 nitrogen and oxygen atoms in total. The Morgan fingerprint density at radius 2 is 1.55 bits per heavy atom. The Labute approximate surface area is 165 Å². The van der Waals surface area contributed by atoms with Crippen molar-refractivity contribution in [2.45, 2.75) is 12.8 Å². The molecule has 5 rings (SSSR count). The van der Waals surface area contributed by atoms with Gasteiger partial charge < -0.3 is 5.11 Å². The van der Waals surface area contributed by atoms with Crippen LogP contribution in [-0.4, -0.2) is 32.6 Å². The van der Waals surface area contributed by atoms with E-state index >= 15 is 0 Å². The number of fused-ring (bicyclic) bond motifs is 5. The lowest BCUT2D eigenvalue weighted by Gasteiger charge is -2.17. The minimum absolute atomic E-state index is 0.0163. The van der Waals surface area contributed by atoms with E-state index < -0.39 is 5.97 Å². The molecule has 0 atom stereocenters. The second-order valence-corrected chi connectivity index (χ2v) is 6.73. The van der Waals surface area contributed by atoms with Gasteiger partial charge in [-0.2, -0.15) is 0 Å². The maximum atomic E-state index is 12.2. The van der Waals surface area contributed by atoms with E-state index in [1.165, 1.54) is 24.1 Å². The van der Waals surface area contributed by atoms with Crippen molar-refractivity contribution in [3.63, 3.8) is 0 Å². The number of rotatable bonds is 1. The third-order valence-corrected chi connectivity index (χ3v) is 4.84. The Morgan fingerprint density at radius 1 is 0.828 bits per heavy atom. The summed E-state index contributed by atoms with van der Waals surface area (Å²) in [6, 6.07) is 16.2. The van der Waals surface area contributed by atoms with Crippen molar-refractivity contribution in [2.75, 3.05) is 0 Å². The fraction of sp³-hybridized carbons (Fsp3) is 0.0870. The van der Waals surface area contributed by atoms with Crippen LogP contribution in [0.15, 0.2) is 67.3 Å². The summed E-state index contributed by atoms with van der Waals surface area (Å²) >= 11 is 0. The molecule has 0 saturated carbocycles. The fourth-order valence-corrected chi connectivity index (χ4v) is 3.56. The molecule has 1 N–H and O–H groups in total. The third kappa shape index (κ3) is 3.60. The van der Waals surface area contributed by atoms with E-state index in [-0.39, 0.29) is 23.6 Å². The second kappa shape index (κ2) is 7.59. The first-order valence-electron chi connectivity index (χ1n) is 9.01. The van der Waals surface area contributed by atoms with Gasteiger partial charge in [0.05, 0.1) is 12.0 Å². The molecule has 142 valence electrons. The average Bonchev–Trinajstić information content (AvgIpc) is 2.74. The second-order valence-electron chi connectivity index (χ2n) is 6.73. The normalized spacial score (nSPS) is 13.0. The number of Topliss-reactive ketones (excluding diaryl/α,β-unsaturated/α-hetero) is 2. The molecule has 0 saturated heterocycles. The van der Waals surface area contributed by atoms with Crippen LogP contribution in [0.4, 0.5) is 0 Å². The Kier molecular flexibility index (Phi) is 4.83. The zero-order valence-corrected chi connectivity index (χ0v) is 15.3. The van der Waals surface area contributed by atoms with Crippen molar-refractivity contribution in [1.29, 1.82) is 0 Å². The maximum Gasteiger partial charge on any atom is 0.338 e. The molecule has 1 aromatic heterocycles. The molecule has 0 amide bonds. The largest absolute Gasteiger partial charge is 0.478 e. The Bertz CT molecular complexity index is 1270. The molecule has 1 heterocycles. The first kappa shape index (κ1) is 18.4. The number of hydrogen-bond donors (Lipinski definition) is 1. The summed E-state index contributed by atoms with van der Waals surface area (Å²) in [7, 11) is 0. The smallest absolute Gasteiger partial charge is 0.338 e. The lowest BCUT2D eigenvalue weighted by atomic mass is 9.85. The quantitative estimate of drug-likeness (QED) is 0.395. The summed E-state index contributed by atoms with van der Waals surface area (Å²) in [6.07, 6.45) is 4.19. The van der Waals surface area contributed by atoms with Gasteiger partial charge in [0.1, 0.15) is 12.1 Å². The van der Waals surface area contributed by atoms with Gasteiger partial charge in [-0.1, -0.05) is 48.5 Å². The molecule has 29 heavy (non-hydrogen) atoms. The van der Waals surface area contributed by atoms with E-state index in [0.717, 1.165) is 27.3 Å². The zero-order chi connectivity index (χ0) is 20.4. The molecule has 4 aromatic rings. The number of aromatic carboxylic acids is 1. The van der Waals surface area contributed by atoms with Crippen molar-refractivity contribution < 1.29 is 19.5 Å². The van der Waals surface area contributed by atoms with Gasteiger partial charge in [-0.25, -0.2) is 14.8 Å². The van der Waals surface area contributed by atoms with Crippen molar-refractivity contribution in [2.24, 2.45) is 0 Å². The summed E-state index contributed by atoms with van der Waals surface area (Å²) in [5, 5.41) is 12.7. The Balaban J connectivity index is 0.000000192. The van der Waals surface area contributed by atoms with Crippen LogP contribution in [0.25, 0.3) is 21.5 Å². The predicted octanol–water partition coefficient (Wildman–Crippen LogP) is 3.87. The predicted molar refractivity (Wildman–Crippen MR) is 108 cm³/mol. The van der Waals surface area contributed by atoms with Crippen LogP contribution >= 0.6 is 0 Å². The number of hydrogen-bond acceptors (Lipinski definition) is 5. The molecular formula is C23H16N2O4. The van der Waals surface area contributed by atoms with E-state index in [4.69, 9.17) is 5.11 Å². The average molecular weight is 384 g/mol. The van der Waals surface area contributed by atoms with Crippen LogP contribution in [0.2, 0.25) is 0 Å². The summed E-state index contributed by atoms with van der Waals surface area (Å²) in [5.41, 5.74) is 1.72. The van der Waals surface area contributed by atoms with E-state index in [2.05, 4.69) is 22.1 Å². The number of carbonyl (C=O) groups excluding carboxylic acids is 2. The first-order chi connectivity index (χ1) is 14.0. The van der Waals surface area contributed by atoms with Gasteiger partial charge in [0.25, 0.3) is 0 Å². The molecule has 6 heteroatoms. The van der Waals surface area contributed by atoms with E-state index in [1.54, 1.807) is 0 Å². The molecule has 1 aliphatic carbocycles. The molecule has 0 spiro atoms. The molecule has 1 aliphatic rings. The molecular weight excluding hydrogens is 368 g/mol.